The van der Waals surface area contributed by atoms with Crippen LogP contribution in [0.4, 0.5) is 5.69 Å². The van der Waals surface area contributed by atoms with Crippen molar-refractivity contribution in [2.45, 2.75) is 26.3 Å². The molecule has 0 bridgehead atoms. The Morgan fingerprint density at radius 2 is 1.68 bits per heavy atom. The minimum absolute atomic E-state index is 0.191. The first-order chi connectivity index (χ1) is 10.6. The van der Waals surface area contributed by atoms with Crippen LogP contribution in [0.1, 0.15) is 30.9 Å². The van der Waals surface area contributed by atoms with E-state index in [1.165, 1.54) is 5.56 Å². The Balaban J connectivity index is 1.87. The van der Waals surface area contributed by atoms with Gasteiger partial charge in [-0.2, -0.15) is 0 Å². The molecule has 1 amide bonds. The van der Waals surface area contributed by atoms with Crippen LogP contribution < -0.4 is 10.6 Å². The number of rotatable bonds is 4. The van der Waals surface area contributed by atoms with Gasteiger partial charge in [-0.1, -0.05) is 68.5 Å². The lowest BCUT2D eigenvalue weighted by molar-refractivity contribution is -0.110. The lowest BCUT2D eigenvalue weighted by Gasteiger charge is -2.10. The Morgan fingerprint density at radius 1 is 1.05 bits per heavy atom. The van der Waals surface area contributed by atoms with Crippen molar-refractivity contribution >= 4 is 28.8 Å². The minimum atomic E-state index is -0.289. The largest absolute Gasteiger partial charge is 0.368 e. The van der Waals surface area contributed by atoms with E-state index in [9.17, 15) is 4.79 Å². The molecule has 2 aromatic rings. The van der Waals surface area contributed by atoms with E-state index in [1.54, 1.807) is 0 Å². The molecule has 0 aromatic heterocycles. The average Bonchev–Trinajstić information content (AvgIpc) is 2.54. The molecule has 0 spiro atoms. The van der Waals surface area contributed by atoms with Crippen molar-refractivity contribution in [3.05, 3.63) is 65.7 Å². The molecule has 2 N–H and O–H groups in total. The number of carbonyl (C=O) groups excluding carboxylic acids is 1. The summed E-state index contributed by atoms with van der Waals surface area (Å²) in [6, 6.07) is 17.7. The smallest absolute Gasteiger partial charge is 0.283 e. The van der Waals surface area contributed by atoms with Crippen molar-refractivity contribution in [2.75, 3.05) is 5.32 Å². The van der Waals surface area contributed by atoms with Gasteiger partial charge in [-0.15, -0.1) is 0 Å². The summed E-state index contributed by atoms with van der Waals surface area (Å²) in [6.45, 7) is 4.81. The topological polar surface area (TPSA) is 41.1 Å². The molecule has 0 aliphatic carbocycles. The summed E-state index contributed by atoms with van der Waals surface area (Å²) in [5, 5.41) is 5.77. The maximum atomic E-state index is 12.0. The van der Waals surface area contributed by atoms with Crippen LogP contribution in [0.25, 0.3) is 0 Å². The monoisotopic (exact) mass is 312 g/mol. The molecule has 0 aliphatic heterocycles. The fourth-order valence-corrected chi connectivity index (χ4v) is 2.12. The first kappa shape index (κ1) is 16.2. The van der Waals surface area contributed by atoms with Crippen LogP contribution in [-0.4, -0.2) is 10.9 Å². The third-order valence-corrected chi connectivity index (χ3v) is 3.67. The number of thiocarbonyl (C=S) groups is 1. The van der Waals surface area contributed by atoms with Gasteiger partial charge < -0.3 is 10.6 Å². The van der Waals surface area contributed by atoms with Crippen LogP contribution in [0.2, 0.25) is 0 Å². The van der Waals surface area contributed by atoms with Crippen molar-refractivity contribution in [3.63, 3.8) is 0 Å². The Morgan fingerprint density at radius 3 is 2.27 bits per heavy atom. The molecule has 2 rings (SSSR count). The molecule has 0 radical (unpaired) electrons. The van der Waals surface area contributed by atoms with Crippen LogP contribution in [0.15, 0.2) is 54.6 Å². The van der Waals surface area contributed by atoms with E-state index >= 15 is 0 Å². The summed E-state index contributed by atoms with van der Waals surface area (Å²) in [6.07, 6.45) is 0. The van der Waals surface area contributed by atoms with Crippen molar-refractivity contribution in [1.29, 1.82) is 0 Å². The number of hydrogen-bond acceptors (Lipinski definition) is 2. The Labute approximate surface area is 136 Å². The molecule has 4 heteroatoms. The average molecular weight is 312 g/mol. The Bertz CT molecular complexity index is 636. The number of anilines is 1. The Kier molecular flexibility index (Phi) is 5.67. The van der Waals surface area contributed by atoms with Gasteiger partial charge in [0.2, 0.25) is 0 Å². The number of amides is 1. The van der Waals surface area contributed by atoms with Gasteiger partial charge in [0.25, 0.3) is 5.91 Å². The van der Waals surface area contributed by atoms with E-state index in [0.717, 1.165) is 11.3 Å². The van der Waals surface area contributed by atoms with Crippen molar-refractivity contribution in [3.8, 4) is 0 Å². The summed E-state index contributed by atoms with van der Waals surface area (Å²) in [4.78, 5) is 12.2. The first-order valence-corrected chi connectivity index (χ1v) is 7.70. The van der Waals surface area contributed by atoms with Crippen molar-refractivity contribution < 1.29 is 4.79 Å². The van der Waals surface area contributed by atoms with Gasteiger partial charge in [0.15, 0.2) is 4.99 Å². The fourth-order valence-electron chi connectivity index (χ4n) is 2.00. The van der Waals surface area contributed by atoms with E-state index in [4.69, 9.17) is 12.2 Å². The molecule has 114 valence electrons. The number of hydrogen-bond donors (Lipinski definition) is 2. The molecular weight excluding hydrogens is 292 g/mol. The second kappa shape index (κ2) is 7.71. The third-order valence-electron chi connectivity index (χ3n) is 3.34. The molecule has 0 heterocycles. The lowest BCUT2D eigenvalue weighted by Crippen LogP contribution is -2.33. The molecule has 22 heavy (non-hydrogen) atoms. The van der Waals surface area contributed by atoms with Gasteiger partial charge in [-0.3, -0.25) is 4.79 Å². The second-order valence-corrected chi connectivity index (χ2v) is 5.81. The van der Waals surface area contributed by atoms with Crippen LogP contribution in [0, 0.1) is 0 Å². The third kappa shape index (κ3) is 4.67. The zero-order valence-corrected chi connectivity index (χ0v) is 13.6. The van der Waals surface area contributed by atoms with E-state index in [0.29, 0.717) is 12.5 Å². The quantitative estimate of drug-likeness (QED) is 0.842. The molecule has 0 saturated carbocycles. The molecule has 3 nitrogen and oxygen atoms in total. The minimum Gasteiger partial charge on any atom is -0.368 e. The molecular formula is C18H20N2OS. The fraction of sp³-hybridized carbons (Fsp3) is 0.222. The number of benzene rings is 2. The number of nitrogens with one attached hydrogen (secondary N) is 2. The zero-order valence-electron chi connectivity index (χ0n) is 12.8. The SMILES string of the molecule is CC(C)c1ccc(NC(=O)C(=S)NCc2ccccc2)cc1. The maximum Gasteiger partial charge on any atom is 0.283 e. The van der Waals surface area contributed by atoms with E-state index in [2.05, 4.69) is 24.5 Å². The number of carbonyl (C=O) groups is 1. The van der Waals surface area contributed by atoms with Crippen LogP contribution in [-0.2, 0) is 11.3 Å². The molecule has 0 unspecified atom stereocenters. The lowest BCUT2D eigenvalue weighted by atomic mass is 10.0. The highest BCUT2D eigenvalue weighted by Crippen LogP contribution is 2.17. The molecule has 2 aromatic carbocycles. The predicted molar refractivity (Wildman–Crippen MR) is 95.0 cm³/mol. The van der Waals surface area contributed by atoms with Crippen molar-refractivity contribution in [2.24, 2.45) is 0 Å². The van der Waals surface area contributed by atoms with Crippen LogP contribution >= 0.6 is 12.2 Å². The zero-order chi connectivity index (χ0) is 15.9. The van der Waals surface area contributed by atoms with Gasteiger partial charge >= 0.3 is 0 Å². The highest BCUT2D eigenvalue weighted by molar-refractivity contribution is 7.82. The van der Waals surface area contributed by atoms with E-state index in [1.807, 2.05) is 54.6 Å². The van der Waals surface area contributed by atoms with Gasteiger partial charge in [0, 0.05) is 12.2 Å². The standard InChI is InChI=1S/C18H20N2OS/c1-13(2)15-8-10-16(11-9-15)20-17(21)18(22)19-12-14-6-4-3-5-7-14/h3-11,13H,12H2,1-2H3,(H,19,22)(H,20,21). The highest BCUT2D eigenvalue weighted by Gasteiger charge is 2.09. The van der Waals surface area contributed by atoms with Gasteiger partial charge in [0.05, 0.1) is 0 Å². The summed E-state index contributed by atoms with van der Waals surface area (Å²) < 4.78 is 0. The first-order valence-electron chi connectivity index (χ1n) is 7.29. The summed E-state index contributed by atoms with van der Waals surface area (Å²) in [7, 11) is 0. The van der Waals surface area contributed by atoms with E-state index < -0.39 is 0 Å². The van der Waals surface area contributed by atoms with Crippen LogP contribution in [0.5, 0.6) is 0 Å². The molecule has 0 fully saturated rings. The second-order valence-electron chi connectivity index (χ2n) is 5.40. The molecule has 0 aliphatic rings. The van der Waals surface area contributed by atoms with Gasteiger partial charge in [-0.25, -0.2) is 0 Å². The summed E-state index contributed by atoms with van der Waals surface area (Å²) in [5.74, 6) is 0.182. The van der Waals surface area contributed by atoms with Crippen molar-refractivity contribution in [1.82, 2.24) is 5.32 Å². The van der Waals surface area contributed by atoms with Gasteiger partial charge in [-0.05, 0) is 29.2 Å². The predicted octanol–water partition coefficient (Wildman–Crippen LogP) is 3.87. The Hall–Kier alpha value is -2.20. The van der Waals surface area contributed by atoms with Gasteiger partial charge in [0.1, 0.15) is 0 Å². The molecule has 0 saturated heterocycles. The normalized spacial score (nSPS) is 10.3. The summed E-state index contributed by atoms with van der Waals surface area (Å²) in [5.41, 5.74) is 3.07. The van der Waals surface area contributed by atoms with E-state index in [-0.39, 0.29) is 10.9 Å². The highest BCUT2D eigenvalue weighted by atomic mass is 32.1. The summed E-state index contributed by atoms with van der Waals surface area (Å²) >= 11 is 5.12. The molecule has 0 atom stereocenters. The van der Waals surface area contributed by atoms with Crippen LogP contribution in [0.3, 0.4) is 0 Å². The maximum absolute atomic E-state index is 12.0.